The van der Waals surface area contributed by atoms with Gasteiger partial charge in [-0.15, -0.1) is 0 Å². The minimum absolute atomic E-state index is 0.960. The molecule has 0 bridgehead atoms. The smallest absolute Gasteiger partial charge is 0.0494 e. The SMILES string of the molecule is Cc1c(-c2ccccc2)[nH]c2cccc(Cc3ccc(I)cc3)c12. The Kier molecular flexibility index (Phi) is 4.15. The molecular weight excluding hydrogens is 405 g/mol. The zero-order valence-electron chi connectivity index (χ0n) is 13.5. The van der Waals surface area contributed by atoms with E-state index in [1.165, 1.54) is 42.4 Å². The third kappa shape index (κ3) is 2.86. The number of halogens is 1. The van der Waals surface area contributed by atoms with Crippen molar-refractivity contribution >= 4 is 33.5 Å². The predicted molar refractivity (Wildman–Crippen MR) is 110 cm³/mol. The first-order chi connectivity index (χ1) is 11.7. The number of fused-ring (bicyclic) bond motifs is 1. The van der Waals surface area contributed by atoms with Crippen molar-refractivity contribution in [3.8, 4) is 11.3 Å². The van der Waals surface area contributed by atoms with Crippen molar-refractivity contribution < 1.29 is 0 Å². The Morgan fingerprint density at radius 2 is 1.58 bits per heavy atom. The lowest BCUT2D eigenvalue weighted by Gasteiger charge is -2.06. The van der Waals surface area contributed by atoms with Crippen LogP contribution in [0.4, 0.5) is 0 Å². The number of benzene rings is 3. The lowest BCUT2D eigenvalue weighted by molar-refractivity contribution is 1.21. The lowest BCUT2D eigenvalue weighted by atomic mass is 9.98. The standard InChI is InChI=1S/C22H18IN/c1-15-21-18(14-16-10-12-19(23)13-11-16)8-5-9-20(21)24-22(15)17-6-3-2-4-7-17/h2-13,24H,14H2,1H3. The van der Waals surface area contributed by atoms with E-state index in [4.69, 9.17) is 0 Å². The van der Waals surface area contributed by atoms with Crippen molar-refractivity contribution in [2.75, 3.05) is 0 Å². The van der Waals surface area contributed by atoms with Gasteiger partial charge < -0.3 is 4.98 Å². The molecule has 0 atom stereocenters. The van der Waals surface area contributed by atoms with E-state index < -0.39 is 0 Å². The van der Waals surface area contributed by atoms with Crippen LogP contribution < -0.4 is 0 Å². The van der Waals surface area contributed by atoms with Gasteiger partial charge in [-0.2, -0.15) is 0 Å². The molecule has 0 radical (unpaired) electrons. The molecule has 24 heavy (non-hydrogen) atoms. The van der Waals surface area contributed by atoms with Crippen LogP contribution in [0.1, 0.15) is 16.7 Å². The second-order valence-corrected chi connectivity index (χ2v) is 7.38. The van der Waals surface area contributed by atoms with Crippen molar-refractivity contribution in [2.45, 2.75) is 13.3 Å². The number of hydrogen-bond acceptors (Lipinski definition) is 0. The third-order valence-corrected chi connectivity index (χ3v) is 5.25. The Balaban J connectivity index is 1.82. The number of rotatable bonds is 3. The van der Waals surface area contributed by atoms with Gasteiger partial charge in [-0.25, -0.2) is 0 Å². The van der Waals surface area contributed by atoms with Crippen LogP contribution in [0.2, 0.25) is 0 Å². The molecule has 0 fully saturated rings. The van der Waals surface area contributed by atoms with Crippen molar-refractivity contribution in [2.24, 2.45) is 0 Å². The number of nitrogens with one attached hydrogen (secondary N) is 1. The van der Waals surface area contributed by atoms with Crippen LogP contribution in [0.3, 0.4) is 0 Å². The molecule has 4 rings (SSSR count). The van der Waals surface area contributed by atoms with Crippen molar-refractivity contribution in [1.29, 1.82) is 0 Å². The van der Waals surface area contributed by atoms with Crippen LogP contribution in [0.25, 0.3) is 22.2 Å². The van der Waals surface area contributed by atoms with Crippen LogP contribution in [0.5, 0.6) is 0 Å². The molecule has 4 aromatic rings. The van der Waals surface area contributed by atoms with E-state index in [1.807, 2.05) is 0 Å². The maximum absolute atomic E-state index is 3.61. The van der Waals surface area contributed by atoms with Gasteiger partial charge in [0.15, 0.2) is 0 Å². The highest BCUT2D eigenvalue weighted by molar-refractivity contribution is 14.1. The van der Waals surface area contributed by atoms with Crippen LogP contribution in [-0.2, 0) is 6.42 Å². The quantitative estimate of drug-likeness (QED) is 0.370. The van der Waals surface area contributed by atoms with E-state index in [1.54, 1.807) is 0 Å². The molecule has 2 heteroatoms. The minimum atomic E-state index is 0.960. The van der Waals surface area contributed by atoms with Crippen molar-refractivity contribution in [3.63, 3.8) is 0 Å². The fraction of sp³-hybridized carbons (Fsp3) is 0.0909. The van der Waals surface area contributed by atoms with E-state index in [9.17, 15) is 0 Å². The Hall–Kier alpha value is -2.07. The summed E-state index contributed by atoms with van der Waals surface area (Å²) in [4.78, 5) is 3.61. The summed E-state index contributed by atoms with van der Waals surface area (Å²) in [7, 11) is 0. The molecule has 1 nitrogen and oxygen atoms in total. The highest BCUT2D eigenvalue weighted by Crippen LogP contribution is 2.32. The average molecular weight is 423 g/mol. The van der Waals surface area contributed by atoms with Gasteiger partial charge in [0.2, 0.25) is 0 Å². The molecule has 0 aliphatic heterocycles. The van der Waals surface area contributed by atoms with Gasteiger partial charge in [-0.1, -0.05) is 54.6 Å². The Morgan fingerprint density at radius 3 is 2.33 bits per heavy atom. The van der Waals surface area contributed by atoms with Gasteiger partial charge in [0, 0.05) is 20.2 Å². The van der Waals surface area contributed by atoms with Crippen LogP contribution in [0, 0.1) is 10.5 Å². The molecule has 0 aliphatic carbocycles. The van der Waals surface area contributed by atoms with Gasteiger partial charge in [0.1, 0.15) is 0 Å². The van der Waals surface area contributed by atoms with Crippen LogP contribution in [-0.4, -0.2) is 4.98 Å². The van der Waals surface area contributed by atoms with Crippen LogP contribution in [0.15, 0.2) is 72.8 Å². The van der Waals surface area contributed by atoms with Crippen molar-refractivity contribution in [3.05, 3.63) is 93.1 Å². The molecule has 118 valence electrons. The summed E-state index contributed by atoms with van der Waals surface area (Å²) >= 11 is 2.35. The number of H-pyrrole nitrogens is 1. The second-order valence-electron chi connectivity index (χ2n) is 6.13. The molecule has 0 unspecified atom stereocenters. The first kappa shape index (κ1) is 15.5. The third-order valence-electron chi connectivity index (χ3n) is 4.53. The predicted octanol–water partition coefficient (Wildman–Crippen LogP) is 6.34. The largest absolute Gasteiger partial charge is 0.354 e. The molecule has 3 aromatic carbocycles. The first-order valence-corrected chi connectivity index (χ1v) is 9.20. The molecule has 0 amide bonds. The summed E-state index contributed by atoms with van der Waals surface area (Å²) in [6, 6.07) is 25.9. The molecule has 0 aliphatic rings. The fourth-order valence-electron chi connectivity index (χ4n) is 3.36. The summed E-state index contributed by atoms with van der Waals surface area (Å²) in [5.41, 5.74) is 7.74. The van der Waals surface area contributed by atoms with E-state index in [-0.39, 0.29) is 0 Å². The van der Waals surface area contributed by atoms with E-state index in [0.717, 1.165) is 6.42 Å². The summed E-state index contributed by atoms with van der Waals surface area (Å²) < 4.78 is 1.28. The summed E-state index contributed by atoms with van der Waals surface area (Å²) in [5.74, 6) is 0. The Labute approximate surface area is 155 Å². The number of aromatic amines is 1. The Bertz CT molecular complexity index is 982. The molecule has 0 saturated carbocycles. The highest BCUT2D eigenvalue weighted by Gasteiger charge is 2.12. The number of aromatic nitrogens is 1. The molecular formula is C22H18IN. The number of aryl methyl sites for hydroxylation is 1. The summed E-state index contributed by atoms with van der Waals surface area (Å²) in [5, 5.41) is 1.36. The van der Waals surface area contributed by atoms with E-state index in [2.05, 4.69) is 107 Å². The van der Waals surface area contributed by atoms with Gasteiger partial charge >= 0.3 is 0 Å². The topological polar surface area (TPSA) is 15.8 Å². The Morgan fingerprint density at radius 1 is 0.833 bits per heavy atom. The zero-order valence-corrected chi connectivity index (χ0v) is 15.7. The fourth-order valence-corrected chi connectivity index (χ4v) is 3.72. The minimum Gasteiger partial charge on any atom is -0.354 e. The molecule has 1 N–H and O–H groups in total. The van der Waals surface area contributed by atoms with Gasteiger partial charge in [-0.05, 0) is 76.4 Å². The van der Waals surface area contributed by atoms with Crippen LogP contribution >= 0.6 is 22.6 Å². The maximum atomic E-state index is 3.61. The monoisotopic (exact) mass is 423 g/mol. The molecule has 1 aromatic heterocycles. The normalized spacial score (nSPS) is 11.1. The number of hydrogen-bond donors (Lipinski definition) is 1. The molecule has 1 heterocycles. The van der Waals surface area contributed by atoms with Crippen molar-refractivity contribution in [1.82, 2.24) is 4.98 Å². The van der Waals surface area contributed by atoms with E-state index >= 15 is 0 Å². The van der Waals surface area contributed by atoms with Gasteiger partial charge in [-0.3, -0.25) is 0 Å². The van der Waals surface area contributed by atoms with Gasteiger partial charge in [0.25, 0.3) is 0 Å². The second kappa shape index (κ2) is 6.44. The highest BCUT2D eigenvalue weighted by atomic mass is 127. The summed E-state index contributed by atoms with van der Waals surface area (Å²) in [6.45, 7) is 2.22. The molecule has 0 spiro atoms. The van der Waals surface area contributed by atoms with Gasteiger partial charge in [0.05, 0.1) is 0 Å². The maximum Gasteiger partial charge on any atom is 0.0494 e. The molecule has 0 saturated heterocycles. The first-order valence-electron chi connectivity index (χ1n) is 8.12. The van der Waals surface area contributed by atoms with E-state index in [0.29, 0.717) is 0 Å². The lowest BCUT2D eigenvalue weighted by Crippen LogP contribution is -1.90. The zero-order chi connectivity index (χ0) is 16.5. The average Bonchev–Trinajstić information content (AvgIpc) is 2.96. The summed E-state index contributed by atoms with van der Waals surface area (Å²) in [6.07, 6.45) is 0.960.